The first-order valence-corrected chi connectivity index (χ1v) is 6.55. The summed E-state index contributed by atoms with van der Waals surface area (Å²) in [4.78, 5) is 16.0. The number of para-hydroxylation sites is 2. The van der Waals surface area contributed by atoms with Gasteiger partial charge in [0.05, 0.1) is 17.1 Å². The Balaban J connectivity index is 2.69. The number of imidazole rings is 1. The first-order valence-electron chi connectivity index (χ1n) is 6.55. The molecule has 3 N–H and O–H groups in total. The Hall–Kier alpha value is -1.88. The second kappa shape index (κ2) is 5.40. The van der Waals surface area contributed by atoms with E-state index in [1.165, 1.54) is 0 Å². The number of fused-ring (bicyclic) bond motifs is 1. The van der Waals surface area contributed by atoms with Crippen LogP contribution < -0.4 is 5.73 Å². The van der Waals surface area contributed by atoms with Gasteiger partial charge in [-0.05, 0) is 25.0 Å². The molecule has 0 radical (unpaired) electrons. The average Bonchev–Trinajstić information content (AvgIpc) is 2.78. The Kier molecular flexibility index (Phi) is 3.85. The zero-order valence-corrected chi connectivity index (χ0v) is 11.2. The SMILES string of the molecule is CCC(N)c1nc2ccccc2n1C(CC)C(=O)O. The minimum atomic E-state index is -0.852. The van der Waals surface area contributed by atoms with Crippen LogP contribution in [0.3, 0.4) is 0 Å². The zero-order valence-electron chi connectivity index (χ0n) is 11.2. The van der Waals surface area contributed by atoms with Gasteiger partial charge in [0.1, 0.15) is 11.9 Å². The van der Waals surface area contributed by atoms with Gasteiger partial charge < -0.3 is 15.4 Å². The smallest absolute Gasteiger partial charge is 0.326 e. The van der Waals surface area contributed by atoms with Gasteiger partial charge in [0, 0.05) is 0 Å². The zero-order chi connectivity index (χ0) is 14.0. The first-order chi connectivity index (χ1) is 9.10. The third-order valence-corrected chi connectivity index (χ3v) is 3.38. The van der Waals surface area contributed by atoms with Crippen molar-refractivity contribution in [3.8, 4) is 0 Å². The van der Waals surface area contributed by atoms with Gasteiger partial charge >= 0.3 is 5.97 Å². The third-order valence-electron chi connectivity index (χ3n) is 3.38. The fraction of sp³-hybridized carbons (Fsp3) is 0.429. The highest BCUT2D eigenvalue weighted by Crippen LogP contribution is 2.27. The first kappa shape index (κ1) is 13.5. The fourth-order valence-electron chi connectivity index (χ4n) is 2.30. The maximum atomic E-state index is 11.4. The number of carboxylic acids is 1. The molecule has 102 valence electrons. The molecule has 2 aromatic rings. The quantitative estimate of drug-likeness (QED) is 0.866. The second-order valence-electron chi connectivity index (χ2n) is 4.61. The number of carboxylic acid groups (broad SMARTS) is 1. The Morgan fingerprint density at radius 1 is 1.37 bits per heavy atom. The van der Waals surface area contributed by atoms with E-state index in [4.69, 9.17) is 5.73 Å². The predicted molar refractivity (Wildman–Crippen MR) is 73.9 cm³/mol. The maximum Gasteiger partial charge on any atom is 0.326 e. The van der Waals surface area contributed by atoms with E-state index in [1.54, 1.807) is 4.57 Å². The number of carbonyl (C=O) groups is 1. The van der Waals surface area contributed by atoms with Crippen molar-refractivity contribution >= 4 is 17.0 Å². The van der Waals surface area contributed by atoms with Crippen LogP contribution in [0.25, 0.3) is 11.0 Å². The summed E-state index contributed by atoms with van der Waals surface area (Å²) in [5.41, 5.74) is 7.70. The van der Waals surface area contributed by atoms with Crippen LogP contribution in [0.1, 0.15) is 44.6 Å². The maximum absolute atomic E-state index is 11.4. The van der Waals surface area contributed by atoms with Crippen LogP contribution in [-0.4, -0.2) is 20.6 Å². The average molecular weight is 261 g/mol. The van der Waals surface area contributed by atoms with Crippen molar-refractivity contribution in [3.05, 3.63) is 30.1 Å². The molecule has 0 saturated heterocycles. The molecule has 0 amide bonds. The molecule has 19 heavy (non-hydrogen) atoms. The summed E-state index contributed by atoms with van der Waals surface area (Å²) in [7, 11) is 0. The molecule has 5 nitrogen and oxygen atoms in total. The number of hydrogen-bond acceptors (Lipinski definition) is 3. The van der Waals surface area contributed by atoms with Gasteiger partial charge in [-0.25, -0.2) is 9.78 Å². The molecular weight excluding hydrogens is 242 g/mol. The second-order valence-corrected chi connectivity index (χ2v) is 4.61. The molecular formula is C14H19N3O2. The Bertz CT molecular complexity index is 591. The number of rotatable bonds is 5. The van der Waals surface area contributed by atoms with Crippen molar-refractivity contribution in [2.75, 3.05) is 0 Å². The van der Waals surface area contributed by atoms with Crippen molar-refractivity contribution in [2.45, 2.75) is 38.8 Å². The van der Waals surface area contributed by atoms with Crippen molar-refractivity contribution < 1.29 is 9.90 Å². The molecule has 0 fully saturated rings. The standard InChI is InChI=1S/C14H19N3O2/c1-3-9(15)13-16-10-7-5-6-8-12(10)17(13)11(4-2)14(18)19/h5-9,11H,3-4,15H2,1-2H3,(H,18,19). The minimum Gasteiger partial charge on any atom is -0.480 e. The molecule has 0 aliphatic carbocycles. The van der Waals surface area contributed by atoms with Crippen molar-refractivity contribution in [1.82, 2.24) is 9.55 Å². The third kappa shape index (κ3) is 2.33. The highest BCUT2D eigenvalue weighted by atomic mass is 16.4. The van der Waals surface area contributed by atoms with Gasteiger partial charge in [0.15, 0.2) is 0 Å². The molecule has 1 aromatic carbocycles. The highest BCUT2D eigenvalue weighted by Gasteiger charge is 2.25. The van der Waals surface area contributed by atoms with Gasteiger partial charge in [-0.15, -0.1) is 0 Å². The number of aromatic nitrogens is 2. The Morgan fingerprint density at radius 3 is 2.63 bits per heavy atom. The molecule has 0 spiro atoms. The molecule has 5 heteroatoms. The van der Waals surface area contributed by atoms with Crippen LogP contribution in [0.2, 0.25) is 0 Å². The molecule has 2 atom stereocenters. The number of aliphatic carboxylic acids is 1. The van der Waals surface area contributed by atoms with Gasteiger partial charge in [0.2, 0.25) is 0 Å². The number of benzene rings is 1. The van der Waals surface area contributed by atoms with Crippen LogP contribution >= 0.6 is 0 Å². The van der Waals surface area contributed by atoms with E-state index in [9.17, 15) is 9.90 Å². The molecule has 0 aliphatic heterocycles. The molecule has 0 saturated carbocycles. The normalized spacial score (nSPS) is 14.5. The summed E-state index contributed by atoms with van der Waals surface area (Å²) in [6, 6.07) is 6.67. The monoisotopic (exact) mass is 261 g/mol. The fourth-order valence-corrected chi connectivity index (χ4v) is 2.30. The number of hydrogen-bond donors (Lipinski definition) is 2. The summed E-state index contributed by atoms with van der Waals surface area (Å²) in [5.74, 6) is -0.201. The summed E-state index contributed by atoms with van der Waals surface area (Å²) >= 11 is 0. The van der Waals surface area contributed by atoms with Crippen molar-refractivity contribution in [1.29, 1.82) is 0 Å². The molecule has 2 unspecified atom stereocenters. The van der Waals surface area contributed by atoms with E-state index in [0.29, 0.717) is 12.2 Å². The van der Waals surface area contributed by atoms with E-state index in [1.807, 2.05) is 38.1 Å². The van der Waals surface area contributed by atoms with E-state index in [-0.39, 0.29) is 6.04 Å². The lowest BCUT2D eigenvalue weighted by atomic mass is 10.1. The molecule has 0 bridgehead atoms. The van der Waals surface area contributed by atoms with E-state index in [2.05, 4.69) is 4.98 Å². The van der Waals surface area contributed by atoms with E-state index in [0.717, 1.165) is 17.5 Å². The van der Waals surface area contributed by atoms with Crippen LogP contribution in [-0.2, 0) is 4.79 Å². The van der Waals surface area contributed by atoms with Gasteiger partial charge in [0.25, 0.3) is 0 Å². The lowest BCUT2D eigenvalue weighted by Gasteiger charge is -2.18. The molecule has 1 heterocycles. The van der Waals surface area contributed by atoms with E-state index >= 15 is 0 Å². The number of nitrogens with zero attached hydrogens (tertiary/aromatic N) is 2. The van der Waals surface area contributed by atoms with E-state index < -0.39 is 12.0 Å². The summed E-state index contributed by atoms with van der Waals surface area (Å²) in [6.45, 7) is 3.82. The Labute approximate surface area is 112 Å². The van der Waals surface area contributed by atoms with Gasteiger partial charge in [-0.3, -0.25) is 0 Å². The largest absolute Gasteiger partial charge is 0.480 e. The van der Waals surface area contributed by atoms with Crippen molar-refractivity contribution in [2.24, 2.45) is 5.73 Å². The summed E-state index contributed by atoms with van der Waals surface area (Å²) in [5, 5.41) is 9.39. The summed E-state index contributed by atoms with van der Waals surface area (Å²) < 4.78 is 1.77. The minimum absolute atomic E-state index is 0.249. The van der Waals surface area contributed by atoms with Crippen LogP contribution in [0.4, 0.5) is 0 Å². The van der Waals surface area contributed by atoms with Crippen LogP contribution in [0, 0.1) is 0 Å². The predicted octanol–water partition coefficient (Wildman–Crippen LogP) is 2.48. The van der Waals surface area contributed by atoms with Gasteiger partial charge in [-0.2, -0.15) is 0 Å². The lowest BCUT2D eigenvalue weighted by Crippen LogP contribution is -2.24. The molecule has 1 aromatic heterocycles. The molecule has 0 aliphatic rings. The van der Waals surface area contributed by atoms with Crippen LogP contribution in [0.15, 0.2) is 24.3 Å². The Morgan fingerprint density at radius 2 is 2.05 bits per heavy atom. The number of nitrogens with two attached hydrogens (primary N) is 1. The molecule has 2 rings (SSSR count). The summed E-state index contributed by atoms with van der Waals surface area (Å²) in [6.07, 6.45) is 1.22. The van der Waals surface area contributed by atoms with Gasteiger partial charge in [-0.1, -0.05) is 26.0 Å². The lowest BCUT2D eigenvalue weighted by molar-refractivity contribution is -0.140. The van der Waals surface area contributed by atoms with Crippen LogP contribution in [0.5, 0.6) is 0 Å². The van der Waals surface area contributed by atoms with Crippen molar-refractivity contribution in [3.63, 3.8) is 0 Å². The topological polar surface area (TPSA) is 81.1 Å². The highest BCUT2D eigenvalue weighted by molar-refractivity contribution is 5.80.